The fourth-order valence-electron chi connectivity index (χ4n) is 3.71. The van der Waals surface area contributed by atoms with Crippen LogP contribution in [-0.4, -0.2) is 55.8 Å². The lowest BCUT2D eigenvalue weighted by Crippen LogP contribution is -2.53. The van der Waals surface area contributed by atoms with Crippen molar-refractivity contribution in [2.24, 2.45) is 15.7 Å². The third-order valence-electron chi connectivity index (χ3n) is 5.06. The lowest BCUT2D eigenvalue weighted by atomic mass is 9.82. The van der Waals surface area contributed by atoms with Gasteiger partial charge in [-0.2, -0.15) is 0 Å². The summed E-state index contributed by atoms with van der Waals surface area (Å²) < 4.78 is 28.4. The Balaban J connectivity index is 1.75. The largest absolute Gasteiger partial charge is 0.397 e. The summed E-state index contributed by atoms with van der Waals surface area (Å²) in [6.45, 7) is 6.20. The van der Waals surface area contributed by atoms with Crippen molar-refractivity contribution in [2.75, 3.05) is 18.6 Å². The van der Waals surface area contributed by atoms with Gasteiger partial charge in [0.2, 0.25) is 0 Å². The normalized spacial score (nSPS) is 26.8. The number of dihydropyridines is 1. The second kappa shape index (κ2) is 7.57. The van der Waals surface area contributed by atoms with Crippen LogP contribution in [0.4, 0.5) is 0 Å². The Bertz CT molecular complexity index is 896. The molecule has 0 aromatic rings. The molecule has 2 aliphatic heterocycles. The first-order valence-corrected chi connectivity index (χ1v) is 11.7. The Morgan fingerprint density at radius 1 is 1.36 bits per heavy atom. The van der Waals surface area contributed by atoms with E-state index in [1.807, 2.05) is 32.1 Å². The molecule has 0 radical (unpaired) electrons. The number of ether oxygens (including phenoxy) is 1. The van der Waals surface area contributed by atoms with Crippen molar-refractivity contribution in [1.82, 2.24) is 5.32 Å². The van der Waals surface area contributed by atoms with E-state index >= 15 is 0 Å². The molecule has 0 saturated carbocycles. The highest BCUT2D eigenvalue weighted by Crippen LogP contribution is 2.37. The van der Waals surface area contributed by atoms with Gasteiger partial charge in [-0.05, 0) is 38.5 Å². The van der Waals surface area contributed by atoms with E-state index in [-0.39, 0.29) is 18.5 Å². The molecular weight excluding hydrogens is 376 g/mol. The number of sulfone groups is 1. The fraction of sp³-hybridized carbons (Fsp3) is 0.600. The van der Waals surface area contributed by atoms with E-state index in [0.29, 0.717) is 12.1 Å². The Kier molecular flexibility index (Phi) is 5.67. The zero-order chi connectivity index (χ0) is 20.6. The molecule has 7 nitrogen and oxygen atoms in total. The van der Waals surface area contributed by atoms with Gasteiger partial charge in [-0.15, -0.1) is 0 Å². The van der Waals surface area contributed by atoms with Crippen molar-refractivity contribution in [1.29, 1.82) is 0 Å². The molecule has 2 atom stereocenters. The molecule has 3 N–H and O–H groups in total. The van der Waals surface area contributed by atoms with Crippen LogP contribution in [-0.2, 0) is 14.6 Å². The lowest BCUT2D eigenvalue weighted by molar-refractivity contribution is -0.00274. The Morgan fingerprint density at radius 2 is 2.11 bits per heavy atom. The molecular formula is C20H30N4O3S. The summed E-state index contributed by atoms with van der Waals surface area (Å²) in [6.07, 6.45) is 11.7. The van der Waals surface area contributed by atoms with E-state index in [2.05, 4.69) is 18.3 Å². The maximum absolute atomic E-state index is 11.3. The molecule has 3 rings (SSSR count). The van der Waals surface area contributed by atoms with Gasteiger partial charge < -0.3 is 10.5 Å². The number of hydrogen-bond donors (Lipinski definition) is 2. The van der Waals surface area contributed by atoms with E-state index in [9.17, 15) is 8.42 Å². The molecule has 0 saturated heterocycles. The van der Waals surface area contributed by atoms with Crippen LogP contribution in [0.5, 0.6) is 0 Å². The smallest absolute Gasteiger partial charge is 0.149 e. The van der Waals surface area contributed by atoms with Gasteiger partial charge in [-0.3, -0.25) is 15.3 Å². The number of allylic oxidation sites excluding steroid dienone is 3. The zero-order valence-corrected chi connectivity index (χ0v) is 17.8. The van der Waals surface area contributed by atoms with Gasteiger partial charge >= 0.3 is 0 Å². The molecule has 3 aliphatic rings. The highest BCUT2D eigenvalue weighted by atomic mass is 32.2. The number of nitrogens with zero attached hydrogens (tertiary/aromatic N) is 2. The van der Waals surface area contributed by atoms with Gasteiger partial charge in [0.25, 0.3) is 0 Å². The molecule has 154 valence electrons. The lowest BCUT2D eigenvalue weighted by Gasteiger charge is -2.35. The van der Waals surface area contributed by atoms with Crippen LogP contribution in [0.3, 0.4) is 0 Å². The van der Waals surface area contributed by atoms with Gasteiger partial charge in [-0.25, -0.2) is 8.42 Å². The second-order valence-corrected chi connectivity index (χ2v) is 10.5. The molecule has 2 unspecified atom stereocenters. The van der Waals surface area contributed by atoms with Crippen molar-refractivity contribution in [3.63, 3.8) is 0 Å². The Hall–Kier alpha value is -1.77. The Morgan fingerprint density at radius 3 is 2.79 bits per heavy atom. The maximum atomic E-state index is 11.3. The summed E-state index contributed by atoms with van der Waals surface area (Å²) >= 11 is 0. The average Bonchev–Trinajstić information content (AvgIpc) is 2.94. The average molecular weight is 407 g/mol. The molecule has 0 bridgehead atoms. The topological polar surface area (TPSA) is 106 Å². The van der Waals surface area contributed by atoms with E-state index in [4.69, 9.17) is 20.5 Å². The van der Waals surface area contributed by atoms with Crippen molar-refractivity contribution < 1.29 is 13.2 Å². The van der Waals surface area contributed by atoms with Crippen molar-refractivity contribution in [2.45, 2.75) is 57.3 Å². The third kappa shape index (κ3) is 4.45. The molecule has 1 aliphatic carbocycles. The first-order valence-electron chi connectivity index (χ1n) is 9.67. The minimum atomic E-state index is -3.04. The molecule has 2 heterocycles. The molecule has 1 spiro atoms. The van der Waals surface area contributed by atoms with Crippen molar-refractivity contribution in [3.05, 3.63) is 35.7 Å². The van der Waals surface area contributed by atoms with Crippen molar-refractivity contribution >= 4 is 21.3 Å². The molecule has 0 fully saturated rings. The van der Waals surface area contributed by atoms with Gasteiger partial charge in [0.05, 0.1) is 35.1 Å². The van der Waals surface area contributed by atoms with Crippen molar-refractivity contribution in [3.8, 4) is 0 Å². The predicted octanol–water partition coefficient (Wildman–Crippen LogP) is 1.88. The molecule has 0 amide bonds. The molecule has 0 aromatic carbocycles. The number of hydrogen-bond acceptors (Lipinski definition) is 7. The van der Waals surface area contributed by atoms with Crippen LogP contribution in [0.1, 0.15) is 40.0 Å². The summed E-state index contributed by atoms with van der Waals surface area (Å²) in [5.74, 6) is 0.0135. The standard InChI is InChI=1S/C20H30N4O3S/c1-5-6-17-23-18-15(21)7-8-16-20(18,24-17)10-9-14(22-16)13-19(2,3)27-11-12-28(4,25)26/h7-10,17,24H,5-6,11-13,21H2,1-4H3. The quantitative estimate of drug-likeness (QED) is 0.640. The molecule has 0 aromatic heterocycles. The number of nitrogens with one attached hydrogen (secondary N) is 1. The summed E-state index contributed by atoms with van der Waals surface area (Å²) in [5.41, 5.74) is 8.40. The van der Waals surface area contributed by atoms with E-state index < -0.39 is 21.0 Å². The van der Waals surface area contributed by atoms with Gasteiger partial charge in [-0.1, -0.05) is 19.4 Å². The monoisotopic (exact) mass is 406 g/mol. The summed E-state index contributed by atoms with van der Waals surface area (Å²) in [6, 6.07) is 0. The van der Waals surface area contributed by atoms with Gasteiger partial charge in [0, 0.05) is 18.4 Å². The van der Waals surface area contributed by atoms with E-state index in [1.54, 1.807) is 0 Å². The highest BCUT2D eigenvalue weighted by molar-refractivity contribution is 7.90. The van der Waals surface area contributed by atoms with E-state index in [0.717, 1.165) is 30.0 Å². The Labute approximate surface area is 167 Å². The second-order valence-electron chi connectivity index (χ2n) is 8.26. The minimum Gasteiger partial charge on any atom is -0.397 e. The van der Waals surface area contributed by atoms with Crippen LogP contribution in [0.15, 0.2) is 45.7 Å². The van der Waals surface area contributed by atoms with Crippen LogP contribution in [0.25, 0.3) is 0 Å². The van der Waals surface area contributed by atoms with Gasteiger partial charge in [0.15, 0.2) is 0 Å². The number of nitrogens with two attached hydrogens (primary N) is 1. The maximum Gasteiger partial charge on any atom is 0.149 e. The predicted molar refractivity (Wildman–Crippen MR) is 113 cm³/mol. The number of aliphatic imine (C=N–C) groups is 2. The zero-order valence-electron chi connectivity index (χ0n) is 17.0. The first-order chi connectivity index (χ1) is 13.0. The molecule has 8 heteroatoms. The summed E-state index contributed by atoms with van der Waals surface area (Å²) in [5, 5.41) is 3.59. The molecule has 28 heavy (non-hydrogen) atoms. The fourth-order valence-corrected chi connectivity index (χ4v) is 4.10. The minimum absolute atomic E-state index is 0.0135. The first kappa shape index (κ1) is 21.0. The highest BCUT2D eigenvalue weighted by Gasteiger charge is 2.47. The third-order valence-corrected chi connectivity index (χ3v) is 5.96. The van der Waals surface area contributed by atoms with Gasteiger partial charge in [0.1, 0.15) is 21.5 Å². The van der Waals surface area contributed by atoms with Crippen LogP contribution >= 0.6 is 0 Å². The summed E-state index contributed by atoms with van der Waals surface area (Å²) in [4.78, 5) is 9.65. The summed E-state index contributed by atoms with van der Waals surface area (Å²) in [7, 11) is -3.04. The van der Waals surface area contributed by atoms with Crippen LogP contribution in [0.2, 0.25) is 0 Å². The SMILES string of the molecule is CCCC1N=C2C(N)=CC=C3N=C(CC(C)(C)OCCS(C)(=O)=O)C=CC32N1. The van der Waals surface area contributed by atoms with Crippen LogP contribution in [0, 0.1) is 0 Å². The van der Waals surface area contributed by atoms with Crippen LogP contribution < -0.4 is 11.1 Å². The number of rotatable bonds is 8. The van der Waals surface area contributed by atoms with E-state index in [1.165, 1.54) is 6.26 Å².